The minimum atomic E-state index is -0.396. The molecule has 0 aliphatic carbocycles. The molecule has 0 aliphatic rings. The largest absolute Gasteiger partial charge is 0.496 e. The molecule has 0 atom stereocenters. The molecule has 0 unspecified atom stereocenters. The Hall–Kier alpha value is -2.23. The lowest BCUT2D eigenvalue weighted by Crippen LogP contribution is -2.07. The molecule has 0 bridgehead atoms. The number of benzene rings is 2. The average molecular weight is 260 g/mol. The van der Waals surface area contributed by atoms with Crippen LogP contribution in [0.4, 0.5) is 0 Å². The van der Waals surface area contributed by atoms with E-state index in [-0.39, 0.29) is 0 Å². The quantitative estimate of drug-likeness (QED) is 0.793. The van der Waals surface area contributed by atoms with Crippen LogP contribution in [0, 0.1) is 0 Å². The molecule has 0 saturated carbocycles. The molecule has 0 heterocycles. The first-order valence-corrected chi connectivity index (χ1v) is 6.03. The molecule has 2 aromatic carbocycles. The van der Waals surface area contributed by atoms with Crippen LogP contribution in [0.3, 0.4) is 0 Å². The Morgan fingerprint density at radius 2 is 1.84 bits per heavy atom. The molecule has 4 heteroatoms. The zero-order valence-electron chi connectivity index (χ0n) is 11.2. The Morgan fingerprint density at radius 3 is 2.47 bits per heavy atom. The van der Waals surface area contributed by atoms with Gasteiger partial charge in [-0.15, -0.1) is 0 Å². The maximum absolute atomic E-state index is 11.9. The number of carbonyl (C=O) groups is 1. The highest BCUT2D eigenvalue weighted by molar-refractivity contribution is 6.00. The summed E-state index contributed by atoms with van der Waals surface area (Å²) in [7, 11) is 3.13. The second-order valence-corrected chi connectivity index (χ2v) is 3.95. The summed E-state index contributed by atoms with van der Waals surface area (Å²) in [5.74, 6) is 0.817. The van der Waals surface area contributed by atoms with Gasteiger partial charge in [0.2, 0.25) is 0 Å². The predicted octanol–water partition coefficient (Wildman–Crippen LogP) is 3.03. The molecule has 0 aromatic heterocycles. The van der Waals surface area contributed by atoms with Crippen LogP contribution in [-0.4, -0.2) is 26.8 Å². The molecule has 0 radical (unpaired) electrons. The first-order valence-electron chi connectivity index (χ1n) is 6.03. The van der Waals surface area contributed by atoms with Crippen LogP contribution in [0.15, 0.2) is 30.3 Å². The smallest absolute Gasteiger partial charge is 0.341 e. The molecule has 0 fully saturated rings. The molecular formula is C15H16O4. The molecule has 19 heavy (non-hydrogen) atoms. The second-order valence-electron chi connectivity index (χ2n) is 3.95. The van der Waals surface area contributed by atoms with Gasteiger partial charge in [-0.05, 0) is 30.5 Å². The summed E-state index contributed by atoms with van der Waals surface area (Å²) in [6, 6.07) is 9.23. The van der Waals surface area contributed by atoms with Crippen molar-refractivity contribution in [3.05, 3.63) is 35.9 Å². The van der Waals surface area contributed by atoms with Gasteiger partial charge in [0.1, 0.15) is 17.1 Å². The van der Waals surface area contributed by atoms with E-state index in [9.17, 15) is 4.79 Å². The number of esters is 1. The van der Waals surface area contributed by atoms with Crippen molar-refractivity contribution in [2.75, 3.05) is 20.8 Å². The van der Waals surface area contributed by atoms with E-state index in [4.69, 9.17) is 14.2 Å². The van der Waals surface area contributed by atoms with Crippen molar-refractivity contribution in [2.24, 2.45) is 0 Å². The normalized spacial score (nSPS) is 10.3. The highest BCUT2D eigenvalue weighted by Crippen LogP contribution is 2.32. The second kappa shape index (κ2) is 5.61. The molecule has 2 aromatic rings. The third-order valence-corrected chi connectivity index (χ3v) is 2.88. The Kier molecular flexibility index (Phi) is 3.90. The topological polar surface area (TPSA) is 44.8 Å². The van der Waals surface area contributed by atoms with Crippen LogP contribution >= 0.6 is 0 Å². The number of carbonyl (C=O) groups excluding carboxylic acids is 1. The zero-order valence-corrected chi connectivity index (χ0v) is 11.2. The summed E-state index contributed by atoms with van der Waals surface area (Å²) in [5.41, 5.74) is 0.404. The van der Waals surface area contributed by atoms with Crippen molar-refractivity contribution < 1.29 is 19.0 Å². The third kappa shape index (κ3) is 2.47. The van der Waals surface area contributed by atoms with E-state index >= 15 is 0 Å². The molecular weight excluding hydrogens is 244 g/mol. The molecule has 100 valence electrons. The van der Waals surface area contributed by atoms with E-state index in [1.165, 1.54) is 7.11 Å². The minimum absolute atomic E-state index is 0.325. The molecule has 0 saturated heterocycles. The van der Waals surface area contributed by atoms with Crippen molar-refractivity contribution in [3.8, 4) is 11.5 Å². The molecule has 2 rings (SSSR count). The van der Waals surface area contributed by atoms with Crippen LogP contribution in [0.5, 0.6) is 11.5 Å². The maximum Gasteiger partial charge on any atom is 0.341 e. The zero-order chi connectivity index (χ0) is 13.8. The number of methoxy groups -OCH3 is 2. The molecule has 0 N–H and O–H groups in total. The lowest BCUT2D eigenvalue weighted by molar-refractivity contribution is 0.0523. The van der Waals surface area contributed by atoms with Crippen molar-refractivity contribution in [1.29, 1.82) is 0 Å². The fraction of sp³-hybridized carbons (Fsp3) is 0.267. The summed E-state index contributed by atoms with van der Waals surface area (Å²) < 4.78 is 15.6. The monoisotopic (exact) mass is 260 g/mol. The fourth-order valence-electron chi connectivity index (χ4n) is 1.99. The number of fused-ring (bicyclic) bond motifs is 1. The summed E-state index contributed by atoms with van der Waals surface area (Å²) in [6.07, 6.45) is 0. The highest BCUT2D eigenvalue weighted by Gasteiger charge is 2.16. The van der Waals surface area contributed by atoms with E-state index in [0.717, 1.165) is 10.8 Å². The van der Waals surface area contributed by atoms with Gasteiger partial charge in [0.25, 0.3) is 0 Å². The van der Waals surface area contributed by atoms with Crippen molar-refractivity contribution >= 4 is 16.7 Å². The van der Waals surface area contributed by atoms with Gasteiger partial charge in [-0.2, -0.15) is 0 Å². The third-order valence-electron chi connectivity index (χ3n) is 2.88. The molecule has 0 amide bonds. The summed E-state index contributed by atoms with van der Waals surface area (Å²) in [6.45, 7) is 2.10. The summed E-state index contributed by atoms with van der Waals surface area (Å²) >= 11 is 0. The molecule has 4 nitrogen and oxygen atoms in total. The van der Waals surface area contributed by atoms with Crippen LogP contribution < -0.4 is 9.47 Å². The Bertz CT molecular complexity index is 604. The van der Waals surface area contributed by atoms with Crippen LogP contribution in [0.25, 0.3) is 10.8 Å². The van der Waals surface area contributed by atoms with Gasteiger partial charge < -0.3 is 14.2 Å². The minimum Gasteiger partial charge on any atom is -0.496 e. The first-order chi connectivity index (χ1) is 9.21. The summed E-state index contributed by atoms with van der Waals surface area (Å²) in [5, 5.41) is 1.80. The van der Waals surface area contributed by atoms with Gasteiger partial charge in [0.15, 0.2) is 0 Å². The van der Waals surface area contributed by atoms with Crippen molar-refractivity contribution in [1.82, 2.24) is 0 Å². The Morgan fingerprint density at radius 1 is 1.11 bits per heavy atom. The number of ether oxygens (including phenoxy) is 3. The van der Waals surface area contributed by atoms with Crippen LogP contribution in [0.2, 0.25) is 0 Å². The van der Waals surface area contributed by atoms with E-state index < -0.39 is 5.97 Å². The van der Waals surface area contributed by atoms with Gasteiger partial charge in [-0.3, -0.25) is 0 Å². The van der Waals surface area contributed by atoms with Gasteiger partial charge in [0, 0.05) is 5.39 Å². The average Bonchev–Trinajstić information content (AvgIpc) is 2.45. The van der Waals surface area contributed by atoms with Crippen molar-refractivity contribution in [3.63, 3.8) is 0 Å². The standard InChI is InChI=1S/C15H16O4/c1-4-19-15(16)12-9-11-10(8-14(12)18-3)6-5-7-13(11)17-2/h5-9H,4H2,1-3H3. The first kappa shape index (κ1) is 13.2. The predicted molar refractivity (Wildman–Crippen MR) is 73.0 cm³/mol. The number of hydrogen-bond donors (Lipinski definition) is 0. The fourth-order valence-corrected chi connectivity index (χ4v) is 1.99. The number of rotatable bonds is 4. The number of hydrogen-bond acceptors (Lipinski definition) is 4. The maximum atomic E-state index is 11.9. The lowest BCUT2D eigenvalue weighted by Gasteiger charge is -2.11. The van der Waals surface area contributed by atoms with E-state index in [2.05, 4.69) is 0 Å². The Labute approximate surface area is 111 Å². The Balaban J connectivity index is 2.65. The molecule has 0 aliphatic heterocycles. The molecule has 0 spiro atoms. The van der Waals surface area contributed by atoms with E-state index in [1.54, 1.807) is 20.1 Å². The van der Waals surface area contributed by atoms with Gasteiger partial charge in [0.05, 0.1) is 20.8 Å². The van der Waals surface area contributed by atoms with Gasteiger partial charge in [-0.25, -0.2) is 4.79 Å². The van der Waals surface area contributed by atoms with Crippen molar-refractivity contribution in [2.45, 2.75) is 6.92 Å². The van der Waals surface area contributed by atoms with Gasteiger partial charge in [-0.1, -0.05) is 12.1 Å². The van der Waals surface area contributed by atoms with Crippen LogP contribution in [0.1, 0.15) is 17.3 Å². The summed E-state index contributed by atoms with van der Waals surface area (Å²) in [4.78, 5) is 11.9. The lowest BCUT2D eigenvalue weighted by atomic mass is 10.0. The van der Waals surface area contributed by atoms with Crippen LogP contribution in [-0.2, 0) is 4.74 Å². The van der Waals surface area contributed by atoms with Gasteiger partial charge >= 0.3 is 5.97 Å². The highest BCUT2D eigenvalue weighted by atomic mass is 16.5. The van der Waals surface area contributed by atoms with E-state index in [1.807, 2.05) is 24.3 Å². The SMILES string of the molecule is CCOC(=O)c1cc2c(OC)cccc2cc1OC. The van der Waals surface area contributed by atoms with E-state index in [0.29, 0.717) is 23.7 Å².